The van der Waals surface area contributed by atoms with Crippen LogP contribution in [-0.2, 0) is 9.47 Å². The second-order valence-electron chi connectivity index (χ2n) is 9.14. The monoisotopic (exact) mass is 408 g/mol. The van der Waals surface area contributed by atoms with Gasteiger partial charge in [-0.15, -0.1) is 0 Å². The molecular weight excluding hydrogens is 364 g/mol. The average molecular weight is 409 g/mol. The quantitative estimate of drug-likeness (QED) is 0.266. The topological polar surface area (TPSA) is 58.1 Å². The van der Waals surface area contributed by atoms with Crippen LogP contribution in [0.1, 0.15) is 70.6 Å². The largest absolute Gasteiger partial charge is 0.381 e. The molecule has 0 amide bonds. The molecular formula is C23H44N4O2. The summed E-state index contributed by atoms with van der Waals surface area (Å²) < 4.78 is 11.6. The fourth-order valence-corrected chi connectivity index (χ4v) is 4.83. The van der Waals surface area contributed by atoms with Crippen LogP contribution in [0.25, 0.3) is 0 Å². The number of nitrogens with one attached hydrogen (secondary N) is 2. The fraction of sp³-hybridized carbons (Fsp3) is 0.957. The van der Waals surface area contributed by atoms with E-state index in [1.807, 2.05) is 7.05 Å². The van der Waals surface area contributed by atoms with Gasteiger partial charge < -0.3 is 25.0 Å². The minimum Gasteiger partial charge on any atom is -0.381 e. The molecule has 0 aromatic heterocycles. The molecule has 3 fully saturated rings. The van der Waals surface area contributed by atoms with Crippen LogP contribution in [0.4, 0.5) is 0 Å². The predicted octanol–water partition coefficient (Wildman–Crippen LogP) is 3.17. The number of nitrogens with zero attached hydrogens (tertiary/aromatic N) is 2. The van der Waals surface area contributed by atoms with Gasteiger partial charge in [-0.05, 0) is 50.9 Å². The van der Waals surface area contributed by atoms with Crippen LogP contribution in [0.3, 0.4) is 0 Å². The van der Waals surface area contributed by atoms with E-state index in [1.165, 1.54) is 77.4 Å². The van der Waals surface area contributed by atoms with Gasteiger partial charge in [0.1, 0.15) is 0 Å². The number of ether oxygens (including phenoxy) is 2. The molecule has 0 spiro atoms. The van der Waals surface area contributed by atoms with Crippen LogP contribution < -0.4 is 10.6 Å². The highest BCUT2D eigenvalue weighted by atomic mass is 16.5. The Morgan fingerprint density at radius 2 is 1.83 bits per heavy atom. The Bertz CT molecular complexity index is 452. The summed E-state index contributed by atoms with van der Waals surface area (Å²) in [7, 11) is 1.87. The maximum atomic E-state index is 6.09. The van der Waals surface area contributed by atoms with E-state index in [4.69, 9.17) is 9.47 Å². The summed E-state index contributed by atoms with van der Waals surface area (Å²) in [5.74, 6) is 1.71. The molecule has 6 nitrogen and oxygen atoms in total. The molecule has 2 N–H and O–H groups in total. The van der Waals surface area contributed by atoms with Crippen LogP contribution in [0.5, 0.6) is 0 Å². The molecule has 2 aliphatic heterocycles. The Labute approximate surface area is 178 Å². The lowest BCUT2D eigenvalue weighted by Crippen LogP contribution is -2.49. The summed E-state index contributed by atoms with van der Waals surface area (Å²) >= 11 is 0. The number of piperidine rings is 1. The Morgan fingerprint density at radius 3 is 2.52 bits per heavy atom. The fourth-order valence-electron chi connectivity index (χ4n) is 4.83. The molecule has 1 atom stereocenters. The van der Waals surface area contributed by atoms with Gasteiger partial charge in [-0.1, -0.05) is 25.7 Å². The second-order valence-corrected chi connectivity index (χ2v) is 9.14. The van der Waals surface area contributed by atoms with Crippen LogP contribution in [0.15, 0.2) is 4.99 Å². The number of likely N-dealkylation sites (tertiary alicyclic amines) is 1. The number of aliphatic imine (C=N–C) groups is 1. The lowest BCUT2D eigenvalue weighted by molar-refractivity contribution is 0.0411. The normalized spacial score (nSPS) is 25.8. The maximum absolute atomic E-state index is 6.09. The number of guanidine groups is 1. The Hall–Kier alpha value is -0.850. The van der Waals surface area contributed by atoms with Gasteiger partial charge in [-0.3, -0.25) is 4.99 Å². The molecule has 3 rings (SSSR count). The minimum absolute atomic E-state index is 0.520. The van der Waals surface area contributed by atoms with E-state index < -0.39 is 0 Å². The molecule has 2 heterocycles. The smallest absolute Gasteiger partial charge is 0.191 e. The van der Waals surface area contributed by atoms with Crippen LogP contribution >= 0.6 is 0 Å². The van der Waals surface area contributed by atoms with Crippen LogP contribution in [-0.4, -0.2) is 76.1 Å². The average Bonchev–Trinajstić information content (AvgIpc) is 3.12. The van der Waals surface area contributed by atoms with Crippen molar-refractivity contribution in [1.82, 2.24) is 15.5 Å². The first-order chi connectivity index (χ1) is 14.3. The summed E-state index contributed by atoms with van der Waals surface area (Å²) in [5.41, 5.74) is 0. The van der Waals surface area contributed by atoms with Crippen molar-refractivity contribution >= 4 is 5.96 Å². The first kappa shape index (κ1) is 22.8. The Kier molecular flexibility index (Phi) is 10.6. The number of rotatable bonds is 9. The third-order valence-electron chi connectivity index (χ3n) is 6.71. The van der Waals surface area contributed by atoms with Crippen molar-refractivity contribution in [3.05, 3.63) is 0 Å². The van der Waals surface area contributed by atoms with Crippen molar-refractivity contribution in [2.45, 2.75) is 82.8 Å². The van der Waals surface area contributed by atoms with Crippen molar-refractivity contribution in [3.8, 4) is 0 Å². The molecule has 0 bridgehead atoms. The van der Waals surface area contributed by atoms with Crippen molar-refractivity contribution in [2.75, 3.05) is 53.0 Å². The van der Waals surface area contributed by atoms with Gasteiger partial charge >= 0.3 is 0 Å². The summed E-state index contributed by atoms with van der Waals surface area (Å²) in [6, 6.07) is 0.538. The molecule has 6 heteroatoms. The summed E-state index contributed by atoms with van der Waals surface area (Å²) in [6.07, 6.45) is 14.4. The molecule has 0 aromatic rings. The number of hydrogen-bond donors (Lipinski definition) is 2. The lowest BCUT2D eigenvalue weighted by atomic mass is 10.0. The van der Waals surface area contributed by atoms with E-state index in [-0.39, 0.29) is 0 Å². The van der Waals surface area contributed by atoms with Crippen molar-refractivity contribution in [2.24, 2.45) is 10.9 Å². The summed E-state index contributed by atoms with van der Waals surface area (Å²) in [4.78, 5) is 7.03. The van der Waals surface area contributed by atoms with Gasteiger partial charge in [0.15, 0.2) is 5.96 Å². The molecule has 3 aliphatic rings. The first-order valence-corrected chi connectivity index (χ1v) is 12.2. The third kappa shape index (κ3) is 8.81. The SMILES string of the molecule is CN=C(NCCCCOC1CCCCCC1)NC1CCN(CC2CCOC2)CC1. The third-order valence-corrected chi connectivity index (χ3v) is 6.71. The predicted molar refractivity (Wildman–Crippen MR) is 120 cm³/mol. The van der Waals surface area contributed by atoms with Gasteiger partial charge in [0.05, 0.1) is 12.7 Å². The van der Waals surface area contributed by atoms with E-state index >= 15 is 0 Å². The van der Waals surface area contributed by atoms with Crippen molar-refractivity contribution in [1.29, 1.82) is 0 Å². The van der Waals surface area contributed by atoms with Crippen molar-refractivity contribution in [3.63, 3.8) is 0 Å². The zero-order valence-corrected chi connectivity index (χ0v) is 18.7. The van der Waals surface area contributed by atoms with E-state index in [0.29, 0.717) is 12.1 Å². The van der Waals surface area contributed by atoms with E-state index in [1.54, 1.807) is 0 Å². The molecule has 1 unspecified atom stereocenters. The highest BCUT2D eigenvalue weighted by Gasteiger charge is 2.24. The highest BCUT2D eigenvalue weighted by molar-refractivity contribution is 5.79. The van der Waals surface area contributed by atoms with E-state index in [2.05, 4.69) is 20.5 Å². The van der Waals surface area contributed by atoms with E-state index in [9.17, 15) is 0 Å². The summed E-state index contributed by atoms with van der Waals surface area (Å²) in [5, 5.41) is 7.11. The molecule has 1 saturated carbocycles. The van der Waals surface area contributed by atoms with Gasteiger partial charge in [-0.2, -0.15) is 0 Å². The zero-order valence-electron chi connectivity index (χ0n) is 18.7. The minimum atomic E-state index is 0.520. The standard InChI is InChI=1S/C23H44N4O2/c1-24-23(25-13-6-7-16-29-22-8-4-2-3-5-9-22)26-21-10-14-27(15-11-21)18-20-12-17-28-19-20/h20-22H,2-19H2,1H3,(H2,24,25,26). The number of unbranched alkanes of at least 4 members (excludes halogenated alkanes) is 1. The van der Waals surface area contributed by atoms with Gasteiger partial charge in [0.25, 0.3) is 0 Å². The molecule has 168 valence electrons. The van der Waals surface area contributed by atoms with Crippen LogP contribution in [0, 0.1) is 5.92 Å². The molecule has 2 saturated heterocycles. The lowest BCUT2D eigenvalue weighted by Gasteiger charge is -2.34. The Balaban J connectivity index is 1.20. The molecule has 29 heavy (non-hydrogen) atoms. The highest BCUT2D eigenvalue weighted by Crippen LogP contribution is 2.20. The zero-order chi connectivity index (χ0) is 20.2. The summed E-state index contributed by atoms with van der Waals surface area (Å²) in [6.45, 7) is 7.37. The molecule has 1 aliphatic carbocycles. The Morgan fingerprint density at radius 1 is 1.03 bits per heavy atom. The first-order valence-electron chi connectivity index (χ1n) is 12.2. The van der Waals surface area contributed by atoms with Gasteiger partial charge in [-0.25, -0.2) is 0 Å². The number of hydrogen-bond acceptors (Lipinski definition) is 4. The van der Waals surface area contributed by atoms with Crippen LogP contribution in [0.2, 0.25) is 0 Å². The van der Waals surface area contributed by atoms with E-state index in [0.717, 1.165) is 51.1 Å². The molecule has 0 aromatic carbocycles. The maximum Gasteiger partial charge on any atom is 0.191 e. The van der Waals surface area contributed by atoms with Gasteiger partial charge in [0, 0.05) is 52.5 Å². The van der Waals surface area contributed by atoms with Gasteiger partial charge in [0.2, 0.25) is 0 Å². The molecule has 0 radical (unpaired) electrons. The second kappa shape index (κ2) is 13.5. The van der Waals surface area contributed by atoms with Crippen molar-refractivity contribution < 1.29 is 9.47 Å².